The van der Waals surface area contributed by atoms with E-state index in [0.29, 0.717) is 6.61 Å². The fraction of sp³-hybridized carbons (Fsp3) is 0.235. The van der Waals surface area contributed by atoms with Crippen molar-refractivity contribution in [1.29, 1.82) is 0 Å². The molecule has 0 bridgehead atoms. The normalized spacial score (nSPS) is 11.2. The number of hydrogen-bond acceptors (Lipinski definition) is 5. The largest absolute Gasteiger partial charge is 0.492 e. The van der Waals surface area contributed by atoms with Crippen LogP contribution >= 0.6 is 11.3 Å². The number of nitrogens with zero attached hydrogens (tertiary/aromatic N) is 2. The first-order chi connectivity index (χ1) is 10.6. The number of ether oxygens (including phenoxy) is 1. The van der Waals surface area contributed by atoms with Gasteiger partial charge in [0.25, 0.3) is 0 Å². The van der Waals surface area contributed by atoms with E-state index in [1.165, 1.54) is 0 Å². The Labute approximate surface area is 134 Å². The minimum absolute atomic E-state index is 0.686. The van der Waals surface area contributed by atoms with Crippen LogP contribution < -0.4 is 10.5 Å². The summed E-state index contributed by atoms with van der Waals surface area (Å²) in [5, 5.41) is 2.96. The maximum absolute atomic E-state index is 5.97. The van der Waals surface area contributed by atoms with Crippen molar-refractivity contribution in [2.75, 3.05) is 33.0 Å². The first kappa shape index (κ1) is 14.8. The van der Waals surface area contributed by atoms with Crippen molar-refractivity contribution in [2.24, 2.45) is 0 Å². The highest BCUT2D eigenvalue weighted by Gasteiger charge is 2.05. The Bertz CT molecular complexity index is 765. The van der Waals surface area contributed by atoms with Crippen LogP contribution in [0.4, 0.5) is 5.69 Å². The fourth-order valence-corrected chi connectivity index (χ4v) is 2.97. The van der Waals surface area contributed by atoms with Crippen molar-refractivity contribution in [1.82, 2.24) is 9.88 Å². The molecule has 0 aliphatic carbocycles. The van der Waals surface area contributed by atoms with Gasteiger partial charge in [-0.2, -0.15) is 0 Å². The van der Waals surface area contributed by atoms with Gasteiger partial charge in [0.05, 0.1) is 5.69 Å². The SMILES string of the molecule is CN(C)CCOc1ccc(-c2cnc3scc(N)c3c2)cc1. The molecule has 0 aliphatic heterocycles. The fourth-order valence-electron chi connectivity index (χ4n) is 2.18. The summed E-state index contributed by atoms with van der Waals surface area (Å²) < 4.78 is 5.71. The lowest BCUT2D eigenvalue weighted by Gasteiger charge is -2.11. The second kappa shape index (κ2) is 6.34. The molecule has 0 amide bonds. The summed E-state index contributed by atoms with van der Waals surface area (Å²) in [5.41, 5.74) is 8.94. The molecular formula is C17H19N3OS. The highest BCUT2D eigenvalue weighted by molar-refractivity contribution is 7.17. The highest BCUT2D eigenvalue weighted by atomic mass is 32.1. The maximum Gasteiger partial charge on any atom is 0.125 e. The van der Waals surface area contributed by atoms with E-state index in [2.05, 4.69) is 28.1 Å². The molecule has 0 atom stereocenters. The molecule has 0 unspecified atom stereocenters. The number of pyridine rings is 1. The number of anilines is 1. The van der Waals surface area contributed by atoms with E-state index in [0.717, 1.165) is 39.3 Å². The first-order valence-corrected chi connectivity index (χ1v) is 8.02. The van der Waals surface area contributed by atoms with Crippen molar-refractivity contribution in [2.45, 2.75) is 0 Å². The van der Waals surface area contributed by atoms with E-state index < -0.39 is 0 Å². The summed E-state index contributed by atoms with van der Waals surface area (Å²) in [6, 6.07) is 10.2. The first-order valence-electron chi connectivity index (χ1n) is 7.14. The van der Waals surface area contributed by atoms with Gasteiger partial charge in [-0.15, -0.1) is 11.3 Å². The molecule has 0 fully saturated rings. The van der Waals surface area contributed by atoms with Crippen molar-refractivity contribution in [3.63, 3.8) is 0 Å². The van der Waals surface area contributed by atoms with E-state index in [1.807, 2.05) is 37.8 Å². The number of likely N-dealkylation sites (N-methyl/N-ethyl adjacent to an activating group) is 1. The lowest BCUT2D eigenvalue weighted by atomic mass is 10.1. The van der Waals surface area contributed by atoms with E-state index in [1.54, 1.807) is 11.3 Å². The molecule has 0 saturated heterocycles. The highest BCUT2D eigenvalue weighted by Crippen LogP contribution is 2.30. The van der Waals surface area contributed by atoms with Crippen LogP contribution in [0, 0.1) is 0 Å². The third-order valence-corrected chi connectivity index (χ3v) is 4.37. The summed E-state index contributed by atoms with van der Waals surface area (Å²) in [5.74, 6) is 0.884. The summed E-state index contributed by atoms with van der Waals surface area (Å²) in [4.78, 5) is 7.55. The van der Waals surface area contributed by atoms with Gasteiger partial charge < -0.3 is 15.4 Å². The van der Waals surface area contributed by atoms with Crippen LogP contribution in [0.5, 0.6) is 5.75 Å². The van der Waals surface area contributed by atoms with Gasteiger partial charge in [-0.3, -0.25) is 0 Å². The zero-order valence-electron chi connectivity index (χ0n) is 12.7. The molecule has 114 valence electrons. The van der Waals surface area contributed by atoms with E-state index in [9.17, 15) is 0 Å². The summed E-state index contributed by atoms with van der Waals surface area (Å²) >= 11 is 1.57. The molecule has 2 N–H and O–H groups in total. The van der Waals surface area contributed by atoms with Crippen LogP contribution in [-0.4, -0.2) is 37.1 Å². The molecule has 0 radical (unpaired) electrons. The van der Waals surface area contributed by atoms with E-state index >= 15 is 0 Å². The number of rotatable bonds is 5. The third kappa shape index (κ3) is 3.21. The van der Waals surface area contributed by atoms with Crippen LogP contribution in [0.2, 0.25) is 0 Å². The zero-order chi connectivity index (χ0) is 15.5. The molecule has 1 aromatic carbocycles. The molecular weight excluding hydrogens is 294 g/mol. The van der Waals surface area contributed by atoms with Gasteiger partial charge >= 0.3 is 0 Å². The minimum Gasteiger partial charge on any atom is -0.492 e. The van der Waals surface area contributed by atoms with Gasteiger partial charge in [0.15, 0.2) is 0 Å². The number of hydrogen-bond donors (Lipinski definition) is 1. The minimum atomic E-state index is 0.686. The molecule has 0 aliphatic rings. The molecule has 3 rings (SSSR count). The second-order valence-corrected chi connectivity index (χ2v) is 6.30. The van der Waals surface area contributed by atoms with Gasteiger partial charge in [0.2, 0.25) is 0 Å². The van der Waals surface area contributed by atoms with Crippen LogP contribution in [0.15, 0.2) is 41.9 Å². The van der Waals surface area contributed by atoms with Crippen LogP contribution in [0.3, 0.4) is 0 Å². The van der Waals surface area contributed by atoms with Crippen molar-refractivity contribution in [3.8, 4) is 16.9 Å². The van der Waals surface area contributed by atoms with Gasteiger partial charge in [-0.1, -0.05) is 12.1 Å². The average Bonchev–Trinajstić information content (AvgIpc) is 2.89. The van der Waals surface area contributed by atoms with Gasteiger partial charge in [-0.25, -0.2) is 4.98 Å². The molecule has 0 spiro atoms. The van der Waals surface area contributed by atoms with Crippen molar-refractivity contribution < 1.29 is 4.74 Å². The molecule has 0 saturated carbocycles. The van der Waals surface area contributed by atoms with Gasteiger partial charge in [0.1, 0.15) is 17.2 Å². The Hall–Kier alpha value is -2.11. The lowest BCUT2D eigenvalue weighted by molar-refractivity contribution is 0.261. The Kier molecular flexibility index (Phi) is 4.27. The van der Waals surface area contributed by atoms with Crippen molar-refractivity contribution >= 4 is 27.2 Å². The topological polar surface area (TPSA) is 51.4 Å². The predicted octanol–water partition coefficient (Wildman–Crippen LogP) is 3.49. The standard InChI is InChI=1S/C17H19N3OS/c1-20(2)7-8-21-14-5-3-12(4-6-14)13-9-15-16(18)11-22-17(15)19-10-13/h3-6,9-11H,7-8,18H2,1-2H3. The summed E-state index contributed by atoms with van der Waals surface area (Å²) in [7, 11) is 4.07. The smallest absolute Gasteiger partial charge is 0.125 e. The monoisotopic (exact) mass is 313 g/mol. The van der Waals surface area contributed by atoms with Gasteiger partial charge in [-0.05, 0) is 37.9 Å². The van der Waals surface area contributed by atoms with Crippen LogP contribution in [0.25, 0.3) is 21.3 Å². The zero-order valence-corrected chi connectivity index (χ0v) is 13.6. The van der Waals surface area contributed by atoms with Crippen molar-refractivity contribution in [3.05, 3.63) is 41.9 Å². The Morgan fingerprint density at radius 2 is 1.95 bits per heavy atom. The van der Waals surface area contributed by atoms with Gasteiger partial charge in [0, 0.05) is 29.1 Å². The quantitative estimate of drug-likeness (QED) is 0.783. The molecule has 2 aromatic heterocycles. The molecule has 4 nitrogen and oxygen atoms in total. The Morgan fingerprint density at radius 1 is 1.18 bits per heavy atom. The third-order valence-electron chi connectivity index (χ3n) is 3.45. The molecule has 22 heavy (non-hydrogen) atoms. The van der Waals surface area contributed by atoms with E-state index in [-0.39, 0.29) is 0 Å². The maximum atomic E-state index is 5.97. The lowest BCUT2D eigenvalue weighted by Crippen LogP contribution is -2.19. The number of fused-ring (bicyclic) bond motifs is 1. The average molecular weight is 313 g/mol. The number of benzene rings is 1. The molecule has 2 heterocycles. The second-order valence-electron chi connectivity index (χ2n) is 5.44. The number of nitrogens with two attached hydrogens (primary N) is 1. The Morgan fingerprint density at radius 3 is 2.68 bits per heavy atom. The number of aromatic nitrogens is 1. The number of nitrogen functional groups attached to an aromatic ring is 1. The van der Waals surface area contributed by atoms with Crippen LogP contribution in [0.1, 0.15) is 0 Å². The Balaban J connectivity index is 1.77. The number of thiophene rings is 1. The summed E-state index contributed by atoms with van der Waals surface area (Å²) in [6.45, 7) is 1.59. The summed E-state index contributed by atoms with van der Waals surface area (Å²) in [6.07, 6.45) is 1.89. The van der Waals surface area contributed by atoms with Crippen LogP contribution in [-0.2, 0) is 0 Å². The molecule has 3 aromatic rings. The van der Waals surface area contributed by atoms with E-state index in [4.69, 9.17) is 10.5 Å². The molecule has 5 heteroatoms. The predicted molar refractivity (Wildman–Crippen MR) is 93.5 cm³/mol.